The van der Waals surface area contributed by atoms with Gasteiger partial charge in [-0.2, -0.15) is 5.10 Å². The third-order valence-electron chi connectivity index (χ3n) is 6.71. The Labute approximate surface area is 238 Å². The minimum absolute atomic E-state index is 0.113. The number of hydrogen-bond donors (Lipinski definition) is 2. The van der Waals surface area contributed by atoms with Crippen molar-refractivity contribution in [3.63, 3.8) is 0 Å². The van der Waals surface area contributed by atoms with Crippen LogP contribution in [0.25, 0.3) is 10.8 Å². The van der Waals surface area contributed by atoms with E-state index in [9.17, 15) is 9.59 Å². The number of carbonyl (C=O) groups excluding carboxylic acids is 2. The molecule has 1 aliphatic rings. The summed E-state index contributed by atoms with van der Waals surface area (Å²) >= 11 is 0. The first kappa shape index (κ1) is 27.5. The lowest BCUT2D eigenvalue weighted by molar-refractivity contribution is -0.123. The summed E-state index contributed by atoms with van der Waals surface area (Å²) in [4.78, 5) is 25.7. The summed E-state index contributed by atoms with van der Waals surface area (Å²) in [6.45, 7) is 4.18. The number of methoxy groups -OCH3 is 1. The second kappa shape index (κ2) is 12.4. The zero-order valence-electron chi connectivity index (χ0n) is 23.0. The molecule has 41 heavy (non-hydrogen) atoms. The Bertz CT molecular complexity index is 1590. The van der Waals surface area contributed by atoms with E-state index >= 15 is 0 Å². The molecule has 210 valence electrons. The number of nitrogens with zero attached hydrogens (tertiary/aromatic N) is 1. The van der Waals surface area contributed by atoms with Crippen molar-refractivity contribution in [2.24, 2.45) is 11.0 Å². The molecule has 0 radical (unpaired) electrons. The third kappa shape index (κ3) is 6.41. The average Bonchev–Trinajstić information content (AvgIpc) is 3.47. The van der Waals surface area contributed by atoms with Crippen molar-refractivity contribution in [3.05, 3.63) is 95.6 Å². The standard InChI is InChI=1S/C32H31N3O6/c1-20(2)30(34-31(36)23-12-14-27-29(16-23)41-19-40-27)32(37)35-33-17-21-11-13-26(28(15-21)38-3)39-18-24-9-6-8-22-7-4-5-10-25(22)24/h4-17,20,30H,18-19H2,1-3H3,(H,34,36)(H,35,37)/b33-17+. The molecule has 0 saturated carbocycles. The largest absolute Gasteiger partial charge is 0.493 e. The molecule has 9 nitrogen and oxygen atoms in total. The van der Waals surface area contributed by atoms with E-state index in [0.717, 1.165) is 16.3 Å². The Morgan fingerprint density at radius 3 is 2.59 bits per heavy atom. The molecule has 0 aliphatic carbocycles. The number of hydrazone groups is 1. The van der Waals surface area contributed by atoms with E-state index in [1.807, 2.05) is 44.2 Å². The molecule has 5 rings (SSSR count). The fraction of sp³-hybridized carbons (Fsp3) is 0.219. The third-order valence-corrected chi connectivity index (χ3v) is 6.71. The van der Waals surface area contributed by atoms with E-state index in [4.69, 9.17) is 18.9 Å². The first-order valence-electron chi connectivity index (χ1n) is 13.2. The Morgan fingerprint density at radius 1 is 0.951 bits per heavy atom. The SMILES string of the molecule is COc1cc(/C=N/NC(=O)C(NC(=O)c2ccc3c(c2)OCO3)C(C)C)ccc1OCc1cccc2ccccc12. The summed E-state index contributed by atoms with van der Waals surface area (Å²) in [6, 6.07) is 23.8. The van der Waals surface area contributed by atoms with E-state index < -0.39 is 17.9 Å². The highest BCUT2D eigenvalue weighted by molar-refractivity contribution is 5.98. The number of carbonyl (C=O) groups is 2. The van der Waals surface area contributed by atoms with Crippen molar-refractivity contribution >= 4 is 28.8 Å². The minimum atomic E-state index is -0.801. The number of ether oxygens (including phenoxy) is 4. The molecule has 1 unspecified atom stereocenters. The molecule has 4 aromatic rings. The molecule has 0 aromatic heterocycles. The normalized spacial score (nSPS) is 12.9. The molecule has 0 fully saturated rings. The molecule has 4 aromatic carbocycles. The first-order chi connectivity index (χ1) is 19.9. The van der Waals surface area contributed by atoms with E-state index in [2.05, 4.69) is 34.0 Å². The van der Waals surface area contributed by atoms with Crippen LogP contribution in [0.3, 0.4) is 0 Å². The van der Waals surface area contributed by atoms with Crippen LogP contribution in [-0.2, 0) is 11.4 Å². The van der Waals surface area contributed by atoms with Crippen LogP contribution >= 0.6 is 0 Å². The molecule has 1 aliphatic heterocycles. The van der Waals surface area contributed by atoms with Gasteiger partial charge in [-0.05, 0) is 64.2 Å². The zero-order valence-corrected chi connectivity index (χ0v) is 23.0. The summed E-state index contributed by atoms with van der Waals surface area (Å²) in [7, 11) is 1.57. The molecule has 1 atom stereocenters. The summed E-state index contributed by atoms with van der Waals surface area (Å²) in [5, 5.41) is 9.17. The van der Waals surface area contributed by atoms with Crippen molar-refractivity contribution in [2.75, 3.05) is 13.9 Å². The molecule has 2 amide bonds. The van der Waals surface area contributed by atoms with Gasteiger partial charge in [0.2, 0.25) is 6.79 Å². The van der Waals surface area contributed by atoms with Gasteiger partial charge >= 0.3 is 0 Å². The van der Waals surface area contributed by atoms with Crippen LogP contribution in [-0.4, -0.2) is 38.0 Å². The van der Waals surface area contributed by atoms with Crippen molar-refractivity contribution in [1.82, 2.24) is 10.7 Å². The van der Waals surface area contributed by atoms with E-state index in [0.29, 0.717) is 40.7 Å². The van der Waals surface area contributed by atoms with E-state index in [-0.39, 0.29) is 12.7 Å². The lowest BCUT2D eigenvalue weighted by Gasteiger charge is -2.20. The Hall–Kier alpha value is -5.05. The van der Waals surface area contributed by atoms with Crippen LogP contribution < -0.4 is 29.7 Å². The van der Waals surface area contributed by atoms with Gasteiger partial charge in [-0.15, -0.1) is 0 Å². The van der Waals surface area contributed by atoms with Crippen LogP contribution in [0.2, 0.25) is 0 Å². The summed E-state index contributed by atoms with van der Waals surface area (Å²) < 4.78 is 22.2. The van der Waals surface area contributed by atoms with Crippen LogP contribution in [0.1, 0.15) is 35.3 Å². The number of hydrogen-bond acceptors (Lipinski definition) is 7. The van der Waals surface area contributed by atoms with Crippen LogP contribution in [0.4, 0.5) is 0 Å². The number of benzene rings is 4. The van der Waals surface area contributed by atoms with Gasteiger partial charge in [0.15, 0.2) is 23.0 Å². The highest BCUT2D eigenvalue weighted by Crippen LogP contribution is 2.32. The van der Waals surface area contributed by atoms with Crippen molar-refractivity contribution in [2.45, 2.75) is 26.5 Å². The van der Waals surface area contributed by atoms with Gasteiger partial charge < -0.3 is 24.3 Å². The topological polar surface area (TPSA) is 107 Å². The summed E-state index contributed by atoms with van der Waals surface area (Å²) in [6.07, 6.45) is 1.51. The second-order valence-electron chi connectivity index (χ2n) is 9.83. The van der Waals surface area contributed by atoms with Gasteiger partial charge in [0, 0.05) is 5.56 Å². The van der Waals surface area contributed by atoms with Crippen molar-refractivity contribution < 1.29 is 28.5 Å². The van der Waals surface area contributed by atoms with E-state index in [1.165, 1.54) is 6.21 Å². The monoisotopic (exact) mass is 553 g/mol. The predicted octanol–water partition coefficient (Wildman–Crippen LogP) is 5.06. The van der Waals surface area contributed by atoms with Crippen LogP contribution in [0.15, 0.2) is 84.0 Å². The molecule has 0 saturated heterocycles. The molecular weight excluding hydrogens is 522 g/mol. The quantitative estimate of drug-likeness (QED) is 0.210. The Morgan fingerprint density at radius 2 is 1.76 bits per heavy atom. The van der Waals surface area contributed by atoms with Crippen molar-refractivity contribution in [3.8, 4) is 23.0 Å². The van der Waals surface area contributed by atoms with Gasteiger partial charge in [0.05, 0.1) is 13.3 Å². The maximum absolute atomic E-state index is 12.9. The molecular formula is C32H31N3O6. The highest BCUT2D eigenvalue weighted by atomic mass is 16.7. The smallest absolute Gasteiger partial charge is 0.262 e. The van der Waals surface area contributed by atoms with Gasteiger partial charge in [-0.25, -0.2) is 5.43 Å². The zero-order chi connectivity index (χ0) is 28.8. The maximum Gasteiger partial charge on any atom is 0.262 e. The summed E-state index contributed by atoms with van der Waals surface area (Å²) in [5.74, 6) is 1.19. The Balaban J connectivity index is 1.20. The maximum atomic E-state index is 12.9. The van der Waals surface area contributed by atoms with E-state index in [1.54, 1.807) is 37.4 Å². The number of rotatable bonds is 10. The van der Waals surface area contributed by atoms with Gasteiger partial charge in [0.1, 0.15) is 12.6 Å². The first-order valence-corrected chi connectivity index (χ1v) is 13.2. The number of nitrogens with one attached hydrogen (secondary N) is 2. The van der Waals surface area contributed by atoms with Crippen LogP contribution in [0.5, 0.6) is 23.0 Å². The Kier molecular flexibility index (Phi) is 8.34. The summed E-state index contributed by atoms with van der Waals surface area (Å²) in [5.41, 5.74) is 4.66. The van der Waals surface area contributed by atoms with Gasteiger partial charge in [-0.1, -0.05) is 56.3 Å². The molecule has 2 N–H and O–H groups in total. The predicted molar refractivity (Wildman–Crippen MR) is 156 cm³/mol. The van der Waals surface area contributed by atoms with Gasteiger partial charge in [-0.3, -0.25) is 9.59 Å². The molecule has 9 heteroatoms. The molecule has 0 spiro atoms. The van der Waals surface area contributed by atoms with Gasteiger partial charge in [0.25, 0.3) is 11.8 Å². The van der Waals surface area contributed by atoms with Crippen LogP contribution in [0, 0.1) is 5.92 Å². The average molecular weight is 554 g/mol. The fourth-order valence-electron chi connectivity index (χ4n) is 4.49. The number of amides is 2. The minimum Gasteiger partial charge on any atom is -0.493 e. The lowest BCUT2D eigenvalue weighted by Crippen LogP contribution is -2.48. The lowest BCUT2D eigenvalue weighted by atomic mass is 10.0. The second-order valence-corrected chi connectivity index (χ2v) is 9.83. The molecule has 1 heterocycles. The fourth-order valence-corrected chi connectivity index (χ4v) is 4.49. The molecule has 0 bridgehead atoms. The van der Waals surface area contributed by atoms with Crippen molar-refractivity contribution in [1.29, 1.82) is 0 Å². The highest BCUT2D eigenvalue weighted by Gasteiger charge is 2.25. The number of fused-ring (bicyclic) bond motifs is 2.